The number of halogens is 2. The fourth-order valence-electron chi connectivity index (χ4n) is 2.60. The van der Waals surface area contributed by atoms with E-state index >= 15 is 0 Å². The standard InChI is InChI=1S/C20H22Cl2N6/c1-13-11-27-20(16-6-4-14(21)10-17(16)22)28-19(13)25-9-3-2-8-24-18-7-5-15(23)12-26-18/h4-7,10-12H,2-3,8-9,23H2,1H3,(H,24,26)(H,25,27,28). The molecule has 0 unspecified atom stereocenters. The molecule has 2 heterocycles. The number of nitrogens with two attached hydrogens (primary N) is 1. The maximum atomic E-state index is 6.27. The molecule has 0 amide bonds. The van der Waals surface area contributed by atoms with Crippen LogP contribution in [0.25, 0.3) is 11.4 Å². The summed E-state index contributed by atoms with van der Waals surface area (Å²) < 4.78 is 0. The quantitative estimate of drug-likeness (QED) is 0.445. The van der Waals surface area contributed by atoms with Crippen molar-refractivity contribution < 1.29 is 0 Å². The predicted octanol–water partition coefficient (Wildman–Crippen LogP) is 5.04. The van der Waals surface area contributed by atoms with Crippen LogP contribution in [0.4, 0.5) is 17.3 Å². The van der Waals surface area contributed by atoms with Crippen LogP contribution in [0.15, 0.2) is 42.7 Å². The average molecular weight is 417 g/mol. The zero-order chi connectivity index (χ0) is 19.9. The maximum Gasteiger partial charge on any atom is 0.163 e. The summed E-state index contributed by atoms with van der Waals surface area (Å²) in [6.07, 6.45) is 5.43. The number of rotatable bonds is 8. The molecule has 2 aromatic heterocycles. The number of pyridine rings is 1. The van der Waals surface area contributed by atoms with E-state index in [4.69, 9.17) is 28.9 Å². The number of unbranched alkanes of at least 4 members (excludes halogenated alkanes) is 1. The minimum Gasteiger partial charge on any atom is -0.397 e. The molecule has 1 aromatic carbocycles. The van der Waals surface area contributed by atoms with Gasteiger partial charge in [0.1, 0.15) is 11.6 Å². The number of benzene rings is 1. The Kier molecular flexibility index (Phi) is 6.90. The Hall–Kier alpha value is -2.57. The minimum atomic E-state index is 0.532. The van der Waals surface area contributed by atoms with Gasteiger partial charge in [-0.15, -0.1) is 0 Å². The Labute approximate surface area is 174 Å². The van der Waals surface area contributed by atoms with E-state index in [1.807, 2.05) is 25.1 Å². The van der Waals surface area contributed by atoms with Crippen molar-refractivity contribution in [3.63, 3.8) is 0 Å². The smallest absolute Gasteiger partial charge is 0.163 e. The highest BCUT2D eigenvalue weighted by Crippen LogP contribution is 2.29. The van der Waals surface area contributed by atoms with Crippen LogP contribution >= 0.6 is 23.2 Å². The van der Waals surface area contributed by atoms with E-state index in [1.165, 1.54) is 0 Å². The summed E-state index contributed by atoms with van der Waals surface area (Å²) in [4.78, 5) is 13.2. The molecule has 146 valence electrons. The van der Waals surface area contributed by atoms with Crippen LogP contribution in [-0.4, -0.2) is 28.0 Å². The summed E-state index contributed by atoms with van der Waals surface area (Å²) in [5, 5.41) is 7.77. The molecule has 0 saturated carbocycles. The molecule has 0 aliphatic carbocycles. The summed E-state index contributed by atoms with van der Waals surface area (Å²) in [6.45, 7) is 3.62. The highest BCUT2D eigenvalue weighted by molar-refractivity contribution is 6.36. The van der Waals surface area contributed by atoms with E-state index in [9.17, 15) is 0 Å². The Balaban J connectivity index is 1.51. The average Bonchev–Trinajstić information content (AvgIpc) is 2.67. The van der Waals surface area contributed by atoms with Gasteiger partial charge >= 0.3 is 0 Å². The molecular weight excluding hydrogens is 395 g/mol. The van der Waals surface area contributed by atoms with Gasteiger partial charge in [-0.25, -0.2) is 15.0 Å². The van der Waals surface area contributed by atoms with E-state index in [0.29, 0.717) is 21.6 Å². The molecule has 3 rings (SSSR count). The molecular formula is C20H22Cl2N6. The van der Waals surface area contributed by atoms with Crippen LogP contribution in [-0.2, 0) is 0 Å². The third-order valence-electron chi connectivity index (χ3n) is 4.13. The molecule has 0 aliphatic rings. The lowest BCUT2D eigenvalue weighted by atomic mass is 10.2. The Morgan fingerprint density at radius 3 is 2.46 bits per heavy atom. The first-order valence-electron chi connectivity index (χ1n) is 9.01. The van der Waals surface area contributed by atoms with E-state index in [-0.39, 0.29) is 0 Å². The topological polar surface area (TPSA) is 88.8 Å². The zero-order valence-electron chi connectivity index (χ0n) is 15.5. The third kappa shape index (κ3) is 5.47. The van der Waals surface area contributed by atoms with Gasteiger partial charge in [-0.05, 0) is 50.1 Å². The fraction of sp³-hybridized carbons (Fsp3) is 0.250. The van der Waals surface area contributed by atoms with Crippen LogP contribution in [0.5, 0.6) is 0 Å². The summed E-state index contributed by atoms with van der Waals surface area (Å²) >= 11 is 12.2. The normalized spacial score (nSPS) is 10.7. The molecule has 0 atom stereocenters. The highest BCUT2D eigenvalue weighted by atomic mass is 35.5. The summed E-state index contributed by atoms with van der Waals surface area (Å²) in [5.74, 6) is 2.22. The number of nitrogens with one attached hydrogen (secondary N) is 2. The number of anilines is 3. The lowest BCUT2D eigenvalue weighted by Crippen LogP contribution is -2.09. The molecule has 8 heteroatoms. The Morgan fingerprint density at radius 1 is 0.964 bits per heavy atom. The van der Waals surface area contributed by atoms with E-state index < -0.39 is 0 Å². The zero-order valence-corrected chi connectivity index (χ0v) is 17.1. The Bertz CT molecular complexity index is 930. The van der Waals surface area contributed by atoms with Crippen molar-refractivity contribution in [2.75, 3.05) is 29.5 Å². The van der Waals surface area contributed by atoms with Crippen molar-refractivity contribution in [3.8, 4) is 11.4 Å². The first kappa shape index (κ1) is 20.2. The predicted molar refractivity (Wildman–Crippen MR) is 117 cm³/mol. The number of hydrogen-bond acceptors (Lipinski definition) is 6. The van der Waals surface area contributed by atoms with Crippen LogP contribution in [0.1, 0.15) is 18.4 Å². The molecule has 3 aromatic rings. The van der Waals surface area contributed by atoms with Crippen molar-refractivity contribution >= 4 is 40.5 Å². The summed E-state index contributed by atoms with van der Waals surface area (Å²) in [5.41, 5.74) is 8.03. The van der Waals surface area contributed by atoms with E-state index in [2.05, 4.69) is 25.6 Å². The van der Waals surface area contributed by atoms with Crippen LogP contribution in [0.3, 0.4) is 0 Å². The fourth-order valence-corrected chi connectivity index (χ4v) is 3.10. The SMILES string of the molecule is Cc1cnc(-c2ccc(Cl)cc2Cl)nc1NCCCCNc1ccc(N)cn1. The molecule has 0 radical (unpaired) electrons. The monoisotopic (exact) mass is 416 g/mol. The van der Waals surface area contributed by atoms with Gasteiger partial charge in [0.2, 0.25) is 0 Å². The van der Waals surface area contributed by atoms with Crippen LogP contribution in [0, 0.1) is 6.92 Å². The first-order chi connectivity index (χ1) is 13.5. The second kappa shape index (κ2) is 9.57. The summed E-state index contributed by atoms with van der Waals surface area (Å²) in [6, 6.07) is 9.01. The van der Waals surface area contributed by atoms with Gasteiger partial charge in [-0.2, -0.15) is 0 Å². The molecule has 0 saturated heterocycles. The van der Waals surface area contributed by atoms with Gasteiger partial charge in [0.05, 0.1) is 16.9 Å². The highest BCUT2D eigenvalue weighted by Gasteiger charge is 2.10. The van der Waals surface area contributed by atoms with E-state index in [1.54, 1.807) is 24.5 Å². The number of aromatic nitrogens is 3. The molecule has 0 bridgehead atoms. The molecule has 0 fully saturated rings. The second-order valence-corrected chi connectivity index (χ2v) is 7.23. The second-order valence-electron chi connectivity index (χ2n) is 6.39. The Morgan fingerprint density at radius 2 is 1.75 bits per heavy atom. The van der Waals surface area contributed by atoms with Crippen LogP contribution < -0.4 is 16.4 Å². The van der Waals surface area contributed by atoms with Crippen LogP contribution in [0.2, 0.25) is 10.0 Å². The number of nitrogens with zero attached hydrogens (tertiary/aromatic N) is 3. The first-order valence-corrected chi connectivity index (χ1v) is 9.77. The number of hydrogen-bond donors (Lipinski definition) is 3. The molecule has 6 nitrogen and oxygen atoms in total. The largest absolute Gasteiger partial charge is 0.397 e. The van der Waals surface area contributed by atoms with Crippen molar-refractivity contribution in [2.45, 2.75) is 19.8 Å². The number of nitrogen functional groups attached to an aromatic ring is 1. The van der Waals surface area contributed by atoms with Gasteiger partial charge in [0, 0.05) is 35.4 Å². The van der Waals surface area contributed by atoms with Gasteiger partial charge in [-0.3, -0.25) is 0 Å². The van der Waals surface area contributed by atoms with Crippen molar-refractivity contribution in [1.82, 2.24) is 15.0 Å². The maximum absolute atomic E-state index is 6.27. The summed E-state index contributed by atoms with van der Waals surface area (Å²) in [7, 11) is 0. The molecule has 28 heavy (non-hydrogen) atoms. The molecule has 4 N–H and O–H groups in total. The third-order valence-corrected chi connectivity index (χ3v) is 4.68. The van der Waals surface area contributed by atoms with Gasteiger partial charge < -0.3 is 16.4 Å². The lowest BCUT2D eigenvalue weighted by molar-refractivity contribution is 0.790. The number of aryl methyl sites for hydroxylation is 1. The van der Waals surface area contributed by atoms with Gasteiger partial charge in [0.25, 0.3) is 0 Å². The minimum absolute atomic E-state index is 0.532. The van der Waals surface area contributed by atoms with Crippen molar-refractivity contribution in [2.24, 2.45) is 0 Å². The molecule has 0 aliphatic heterocycles. The van der Waals surface area contributed by atoms with E-state index in [0.717, 1.165) is 48.7 Å². The van der Waals surface area contributed by atoms with Crippen molar-refractivity contribution in [3.05, 3.63) is 58.3 Å². The van der Waals surface area contributed by atoms with Gasteiger partial charge in [-0.1, -0.05) is 23.2 Å². The molecule has 0 spiro atoms. The van der Waals surface area contributed by atoms with Crippen molar-refractivity contribution in [1.29, 1.82) is 0 Å². The van der Waals surface area contributed by atoms with Gasteiger partial charge in [0.15, 0.2) is 5.82 Å². The lowest BCUT2D eigenvalue weighted by Gasteiger charge is -2.11.